The van der Waals surface area contributed by atoms with Crippen LogP contribution in [0.2, 0.25) is 0 Å². The predicted octanol–water partition coefficient (Wildman–Crippen LogP) is 0.786. The molecule has 0 aliphatic carbocycles. The maximum Gasteiger partial charge on any atom is 0.227 e. The highest BCUT2D eigenvalue weighted by molar-refractivity contribution is 5.52. The first-order valence-electron chi connectivity index (χ1n) is 5.85. The number of hydrogen-bond donors (Lipinski definition) is 2. The molecule has 1 aliphatic heterocycles. The summed E-state index contributed by atoms with van der Waals surface area (Å²) in [5.41, 5.74) is 2.33. The van der Waals surface area contributed by atoms with Gasteiger partial charge in [0.2, 0.25) is 5.95 Å². The smallest absolute Gasteiger partial charge is 0.227 e. The average Bonchev–Trinajstić information content (AvgIpc) is 2.35. The van der Waals surface area contributed by atoms with Gasteiger partial charge in [-0.1, -0.05) is 6.08 Å². The van der Waals surface area contributed by atoms with Crippen LogP contribution in [0.3, 0.4) is 0 Å². The lowest BCUT2D eigenvalue weighted by Gasteiger charge is -2.22. The summed E-state index contributed by atoms with van der Waals surface area (Å²) in [6.45, 7) is 6.25. The number of hydrogen-bond acceptors (Lipinski definition) is 5. The van der Waals surface area contributed by atoms with Crippen LogP contribution in [0.1, 0.15) is 11.3 Å². The van der Waals surface area contributed by atoms with Crippen molar-refractivity contribution < 1.29 is 0 Å². The van der Waals surface area contributed by atoms with Crippen LogP contribution in [-0.4, -0.2) is 37.2 Å². The Labute approximate surface area is 102 Å². The highest BCUT2D eigenvalue weighted by atomic mass is 15.2. The third-order valence-electron chi connectivity index (χ3n) is 2.74. The number of fused-ring (bicyclic) bond motifs is 1. The molecule has 0 radical (unpaired) electrons. The lowest BCUT2D eigenvalue weighted by Crippen LogP contribution is -2.28. The molecule has 5 heteroatoms. The molecule has 0 fully saturated rings. The fourth-order valence-electron chi connectivity index (χ4n) is 1.85. The summed E-state index contributed by atoms with van der Waals surface area (Å²) in [7, 11) is 3.92. The molecule has 0 aromatic carbocycles. The molecule has 5 nitrogen and oxygen atoms in total. The van der Waals surface area contributed by atoms with Gasteiger partial charge in [-0.15, -0.1) is 6.58 Å². The number of aromatic nitrogens is 2. The average molecular weight is 233 g/mol. The van der Waals surface area contributed by atoms with Crippen molar-refractivity contribution in [2.45, 2.75) is 13.0 Å². The zero-order valence-electron chi connectivity index (χ0n) is 10.5. The zero-order chi connectivity index (χ0) is 12.3. The van der Waals surface area contributed by atoms with Crippen molar-refractivity contribution in [3.8, 4) is 0 Å². The first-order chi connectivity index (χ1) is 8.22. The summed E-state index contributed by atoms with van der Waals surface area (Å²) in [6, 6.07) is 0. The Balaban J connectivity index is 2.38. The van der Waals surface area contributed by atoms with E-state index in [4.69, 9.17) is 0 Å². The van der Waals surface area contributed by atoms with E-state index in [1.165, 1.54) is 5.56 Å². The van der Waals surface area contributed by atoms with Gasteiger partial charge in [-0.3, -0.25) is 0 Å². The molecular formula is C12H19N5. The quantitative estimate of drug-likeness (QED) is 0.753. The fourth-order valence-corrected chi connectivity index (χ4v) is 1.85. The maximum atomic E-state index is 4.59. The predicted molar refractivity (Wildman–Crippen MR) is 70.5 cm³/mol. The Bertz CT molecular complexity index is 414. The second kappa shape index (κ2) is 5.14. The third-order valence-corrected chi connectivity index (χ3v) is 2.74. The minimum atomic E-state index is 0.719. The van der Waals surface area contributed by atoms with E-state index in [0.717, 1.165) is 43.5 Å². The van der Waals surface area contributed by atoms with Crippen LogP contribution in [0.4, 0.5) is 11.8 Å². The second-order valence-corrected chi connectivity index (χ2v) is 4.29. The molecule has 2 N–H and O–H groups in total. The van der Waals surface area contributed by atoms with Crippen LogP contribution in [0.5, 0.6) is 0 Å². The van der Waals surface area contributed by atoms with Crippen molar-refractivity contribution >= 4 is 11.8 Å². The van der Waals surface area contributed by atoms with Gasteiger partial charge >= 0.3 is 0 Å². The molecule has 0 unspecified atom stereocenters. The van der Waals surface area contributed by atoms with Crippen LogP contribution in [-0.2, 0) is 13.0 Å². The molecule has 92 valence electrons. The summed E-state index contributed by atoms with van der Waals surface area (Å²) < 4.78 is 0. The Kier molecular flexibility index (Phi) is 3.58. The normalized spacial score (nSPS) is 14.0. The van der Waals surface area contributed by atoms with Crippen LogP contribution in [0.25, 0.3) is 0 Å². The lowest BCUT2D eigenvalue weighted by atomic mass is 10.1. The van der Waals surface area contributed by atoms with Gasteiger partial charge in [0.05, 0.1) is 5.69 Å². The topological polar surface area (TPSA) is 53.1 Å². The zero-order valence-corrected chi connectivity index (χ0v) is 10.5. The Morgan fingerprint density at radius 1 is 1.47 bits per heavy atom. The number of anilines is 2. The molecule has 0 atom stereocenters. The lowest BCUT2D eigenvalue weighted by molar-refractivity contribution is 0.627. The largest absolute Gasteiger partial charge is 0.366 e. The number of nitrogens with zero attached hydrogens (tertiary/aromatic N) is 3. The van der Waals surface area contributed by atoms with Crippen molar-refractivity contribution in [1.82, 2.24) is 15.3 Å². The van der Waals surface area contributed by atoms with Crippen LogP contribution < -0.4 is 15.5 Å². The molecule has 17 heavy (non-hydrogen) atoms. The van der Waals surface area contributed by atoms with Gasteiger partial charge in [0.25, 0.3) is 0 Å². The molecule has 2 rings (SSSR count). The minimum absolute atomic E-state index is 0.719. The van der Waals surface area contributed by atoms with Crippen molar-refractivity contribution in [3.05, 3.63) is 23.9 Å². The van der Waals surface area contributed by atoms with Crippen molar-refractivity contribution in [3.63, 3.8) is 0 Å². The van der Waals surface area contributed by atoms with E-state index in [1.807, 2.05) is 25.1 Å². The third kappa shape index (κ3) is 2.55. The monoisotopic (exact) mass is 233 g/mol. The Morgan fingerprint density at radius 2 is 2.29 bits per heavy atom. The molecule has 0 amide bonds. The van der Waals surface area contributed by atoms with Crippen LogP contribution in [0.15, 0.2) is 12.7 Å². The van der Waals surface area contributed by atoms with Crippen molar-refractivity contribution in [2.75, 3.05) is 37.4 Å². The standard InChI is InChI=1S/C12H19N5/c1-4-6-14-11-9-8-13-7-5-10(9)15-12(16-11)17(2)3/h4,13H,1,5-8H2,2-3H3,(H,14,15,16). The van der Waals surface area contributed by atoms with E-state index in [2.05, 4.69) is 27.2 Å². The molecule has 1 aliphatic rings. The summed E-state index contributed by atoms with van der Waals surface area (Å²) in [5.74, 6) is 1.68. The highest BCUT2D eigenvalue weighted by Gasteiger charge is 2.17. The first kappa shape index (κ1) is 11.9. The van der Waals surface area contributed by atoms with Crippen molar-refractivity contribution in [2.24, 2.45) is 0 Å². The molecule has 1 aromatic rings. The first-order valence-corrected chi connectivity index (χ1v) is 5.85. The summed E-state index contributed by atoms with van der Waals surface area (Å²) in [5, 5.41) is 6.63. The van der Waals surface area contributed by atoms with Gasteiger partial charge in [0.1, 0.15) is 5.82 Å². The Hall–Kier alpha value is -1.62. The van der Waals surface area contributed by atoms with E-state index < -0.39 is 0 Å². The maximum absolute atomic E-state index is 4.59. The summed E-state index contributed by atoms with van der Waals surface area (Å²) >= 11 is 0. The summed E-state index contributed by atoms with van der Waals surface area (Å²) in [6.07, 6.45) is 2.79. The van der Waals surface area contributed by atoms with Crippen LogP contribution in [0, 0.1) is 0 Å². The molecule has 1 aromatic heterocycles. The molecule has 0 saturated heterocycles. The van der Waals surface area contributed by atoms with E-state index in [-0.39, 0.29) is 0 Å². The van der Waals surface area contributed by atoms with E-state index in [1.54, 1.807) is 0 Å². The van der Waals surface area contributed by atoms with Gasteiger partial charge in [0.15, 0.2) is 0 Å². The van der Waals surface area contributed by atoms with Gasteiger partial charge < -0.3 is 15.5 Å². The SMILES string of the molecule is C=CCNc1nc(N(C)C)nc2c1CNCC2. The van der Waals surface area contributed by atoms with E-state index in [0.29, 0.717) is 0 Å². The molecule has 2 heterocycles. The molecule has 0 saturated carbocycles. The number of rotatable bonds is 4. The van der Waals surface area contributed by atoms with Gasteiger partial charge in [-0.2, -0.15) is 4.98 Å². The second-order valence-electron chi connectivity index (χ2n) is 4.29. The molecule has 0 bridgehead atoms. The van der Waals surface area contributed by atoms with E-state index in [9.17, 15) is 0 Å². The van der Waals surface area contributed by atoms with Gasteiger partial charge in [-0.05, 0) is 0 Å². The fraction of sp³-hybridized carbons (Fsp3) is 0.500. The Morgan fingerprint density at radius 3 is 3.00 bits per heavy atom. The minimum Gasteiger partial charge on any atom is -0.366 e. The van der Waals surface area contributed by atoms with E-state index >= 15 is 0 Å². The molecule has 0 spiro atoms. The summed E-state index contributed by atoms with van der Waals surface area (Å²) in [4.78, 5) is 11.1. The highest BCUT2D eigenvalue weighted by Crippen LogP contribution is 2.22. The van der Waals surface area contributed by atoms with Gasteiger partial charge in [0, 0.05) is 45.7 Å². The number of nitrogens with one attached hydrogen (secondary N) is 2. The van der Waals surface area contributed by atoms with Crippen LogP contribution >= 0.6 is 0 Å². The van der Waals surface area contributed by atoms with Crippen molar-refractivity contribution in [1.29, 1.82) is 0 Å². The molecular weight excluding hydrogens is 214 g/mol. The van der Waals surface area contributed by atoms with Gasteiger partial charge in [-0.25, -0.2) is 4.98 Å².